The molecule has 4 heteroatoms. The summed E-state index contributed by atoms with van der Waals surface area (Å²) in [5, 5.41) is 3.43. The molecule has 3 nitrogen and oxygen atoms in total. The topological polar surface area (TPSA) is 41.3 Å². The van der Waals surface area contributed by atoms with Crippen LogP contribution in [0.2, 0.25) is 0 Å². The van der Waals surface area contributed by atoms with Crippen LogP contribution in [0.4, 0.5) is 5.69 Å². The predicted molar refractivity (Wildman–Crippen MR) is 88.0 cm³/mol. The van der Waals surface area contributed by atoms with Gasteiger partial charge in [0.1, 0.15) is 4.99 Å². The first kappa shape index (κ1) is 15.9. The van der Waals surface area contributed by atoms with E-state index in [9.17, 15) is 0 Å². The number of hydrogen-bond donors (Lipinski definition) is 2. The molecule has 0 aliphatic rings. The highest BCUT2D eigenvalue weighted by atomic mass is 32.1. The highest BCUT2D eigenvalue weighted by Crippen LogP contribution is 2.17. The van der Waals surface area contributed by atoms with Gasteiger partial charge < -0.3 is 16.0 Å². The number of thiocarbonyl (C=S) groups is 1. The van der Waals surface area contributed by atoms with Gasteiger partial charge in [0.25, 0.3) is 0 Å². The maximum absolute atomic E-state index is 5.76. The third kappa shape index (κ3) is 5.17. The standard InChI is InChI=1S/C15H25N3S/c1-4-18(5-2)10-6-9-17-14-8-7-12(3)11-13(14)15(16)19/h7-8,11,17H,4-6,9-10H2,1-3H3,(H2,16,19). The molecule has 0 bridgehead atoms. The Morgan fingerprint density at radius 3 is 2.58 bits per heavy atom. The molecule has 0 fully saturated rings. The van der Waals surface area contributed by atoms with Gasteiger partial charge in [-0.2, -0.15) is 0 Å². The summed E-state index contributed by atoms with van der Waals surface area (Å²) in [5.74, 6) is 0. The lowest BCUT2D eigenvalue weighted by Gasteiger charge is -2.18. The van der Waals surface area contributed by atoms with E-state index in [1.54, 1.807) is 0 Å². The van der Waals surface area contributed by atoms with Crippen molar-refractivity contribution in [2.75, 3.05) is 31.5 Å². The Morgan fingerprint density at radius 1 is 1.32 bits per heavy atom. The molecule has 0 radical (unpaired) electrons. The Hall–Kier alpha value is -1.13. The fourth-order valence-corrected chi connectivity index (χ4v) is 2.25. The molecule has 0 saturated carbocycles. The van der Waals surface area contributed by atoms with E-state index >= 15 is 0 Å². The van der Waals surface area contributed by atoms with Crippen LogP contribution in [0.15, 0.2) is 18.2 Å². The van der Waals surface area contributed by atoms with Gasteiger partial charge in [-0.15, -0.1) is 0 Å². The van der Waals surface area contributed by atoms with E-state index in [4.69, 9.17) is 18.0 Å². The number of aryl methyl sites for hydroxylation is 1. The monoisotopic (exact) mass is 279 g/mol. The van der Waals surface area contributed by atoms with Crippen molar-refractivity contribution in [2.24, 2.45) is 5.73 Å². The Bertz CT molecular complexity index is 414. The van der Waals surface area contributed by atoms with Gasteiger partial charge >= 0.3 is 0 Å². The Balaban J connectivity index is 2.51. The third-order valence-electron chi connectivity index (χ3n) is 3.30. The summed E-state index contributed by atoms with van der Waals surface area (Å²) < 4.78 is 0. The van der Waals surface area contributed by atoms with Crippen LogP contribution in [-0.4, -0.2) is 36.1 Å². The molecule has 0 atom stereocenters. The van der Waals surface area contributed by atoms with Crippen molar-refractivity contribution in [1.29, 1.82) is 0 Å². The van der Waals surface area contributed by atoms with Crippen molar-refractivity contribution in [1.82, 2.24) is 4.90 Å². The molecule has 1 aromatic rings. The fourth-order valence-electron chi connectivity index (χ4n) is 2.08. The van der Waals surface area contributed by atoms with Crippen molar-refractivity contribution in [3.05, 3.63) is 29.3 Å². The van der Waals surface area contributed by atoms with E-state index in [0.29, 0.717) is 4.99 Å². The molecule has 106 valence electrons. The van der Waals surface area contributed by atoms with Crippen LogP contribution in [0, 0.1) is 6.92 Å². The zero-order valence-corrected chi connectivity index (χ0v) is 13.0. The van der Waals surface area contributed by atoms with E-state index in [1.165, 1.54) is 5.56 Å². The molecule has 1 aromatic carbocycles. The van der Waals surface area contributed by atoms with Crippen LogP contribution in [0.5, 0.6) is 0 Å². The normalized spacial score (nSPS) is 10.7. The van der Waals surface area contributed by atoms with E-state index in [2.05, 4.69) is 36.2 Å². The number of anilines is 1. The second kappa shape index (κ2) is 8.12. The Kier molecular flexibility index (Phi) is 6.81. The van der Waals surface area contributed by atoms with Crippen LogP contribution in [0.1, 0.15) is 31.4 Å². The van der Waals surface area contributed by atoms with Crippen molar-refractivity contribution in [2.45, 2.75) is 27.2 Å². The van der Waals surface area contributed by atoms with Crippen molar-refractivity contribution in [3.63, 3.8) is 0 Å². The molecule has 0 saturated heterocycles. The molecule has 0 aliphatic heterocycles. The van der Waals surface area contributed by atoms with Gasteiger partial charge in [-0.3, -0.25) is 0 Å². The molecule has 0 spiro atoms. The number of benzene rings is 1. The maximum atomic E-state index is 5.76. The average Bonchev–Trinajstić information content (AvgIpc) is 2.40. The smallest absolute Gasteiger partial charge is 0.106 e. The lowest BCUT2D eigenvalue weighted by molar-refractivity contribution is 0.303. The molecule has 0 aromatic heterocycles. The highest BCUT2D eigenvalue weighted by Gasteiger charge is 2.05. The van der Waals surface area contributed by atoms with E-state index in [1.807, 2.05) is 13.0 Å². The first-order valence-electron chi connectivity index (χ1n) is 6.95. The molecule has 0 amide bonds. The molecule has 0 heterocycles. The molecule has 1 rings (SSSR count). The fraction of sp³-hybridized carbons (Fsp3) is 0.533. The van der Waals surface area contributed by atoms with E-state index in [0.717, 1.165) is 43.9 Å². The summed E-state index contributed by atoms with van der Waals surface area (Å²) in [6, 6.07) is 6.17. The van der Waals surface area contributed by atoms with Crippen molar-refractivity contribution in [3.8, 4) is 0 Å². The molecule has 3 N–H and O–H groups in total. The summed E-state index contributed by atoms with van der Waals surface area (Å²) in [5.41, 5.74) is 8.92. The number of nitrogens with one attached hydrogen (secondary N) is 1. The molecular formula is C15H25N3S. The molecule has 19 heavy (non-hydrogen) atoms. The van der Waals surface area contributed by atoms with Gasteiger partial charge in [-0.1, -0.05) is 37.7 Å². The molecule has 0 unspecified atom stereocenters. The zero-order valence-electron chi connectivity index (χ0n) is 12.2. The maximum Gasteiger partial charge on any atom is 0.106 e. The number of rotatable bonds is 8. The molecule has 0 aliphatic carbocycles. The number of hydrogen-bond acceptors (Lipinski definition) is 3. The van der Waals surface area contributed by atoms with Crippen LogP contribution in [0.25, 0.3) is 0 Å². The minimum absolute atomic E-state index is 0.454. The van der Waals surface area contributed by atoms with Gasteiger partial charge in [-0.25, -0.2) is 0 Å². The van der Waals surface area contributed by atoms with Gasteiger partial charge in [0.2, 0.25) is 0 Å². The van der Waals surface area contributed by atoms with Gasteiger partial charge in [0.15, 0.2) is 0 Å². The van der Waals surface area contributed by atoms with Gasteiger partial charge in [-0.05, 0) is 45.1 Å². The zero-order chi connectivity index (χ0) is 14.3. The first-order valence-corrected chi connectivity index (χ1v) is 7.36. The average molecular weight is 279 g/mol. The second-order valence-corrected chi connectivity index (χ2v) is 5.16. The number of nitrogens with zero attached hydrogens (tertiary/aromatic N) is 1. The van der Waals surface area contributed by atoms with Gasteiger partial charge in [0.05, 0.1) is 0 Å². The van der Waals surface area contributed by atoms with E-state index < -0.39 is 0 Å². The lowest BCUT2D eigenvalue weighted by Crippen LogP contribution is -2.25. The number of nitrogens with two attached hydrogens (primary N) is 1. The lowest BCUT2D eigenvalue weighted by atomic mass is 10.1. The SMILES string of the molecule is CCN(CC)CCCNc1ccc(C)cc1C(N)=S. The van der Waals surface area contributed by atoms with Crippen LogP contribution in [-0.2, 0) is 0 Å². The summed E-state index contributed by atoms with van der Waals surface area (Å²) in [6.07, 6.45) is 1.12. The summed E-state index contributed by atoms with van der Waals surface area (Å²) in [6.45, 7) is 10.7. The van der Waals surface area contributed by atoms with Crippen LogP contribution in [0.3, 0.4) is 0 Å². The summed E-state index contributed by atoms with van der Waals surface area (Å²) >= 11 is 5.10. The Labute approximate surface area is 122 Å². The van der Waals surface area contributed by atoms with Crippen LogP contribution >= 0.6 is 12.2 Å². The minimum atomic E-state index is 0.454. The quantitative estimate of drug-likeness (QED) is 0.567. The summed E-state index contributed by atoms with van der Waals surface area (Å²) in [4.78, 5) is 2.88. The third-order valence-corrected chi connectivity index (χ3v) is 3.52. The first-order chi connectivity index (χ1) is 9.08. The largest absolute Gasteiger partial charge is 0.389 e. The Morgan fingerprint density at radius 2 is 2.00 bits per heavy atom. The second-order valence-electron chi connectivity index (χ2n) is 4.72. The van der Waals surface area contributed by atoms with E-state index in [-0.39, 0.29) is 0 Å². The van der Waals surface area contributed by atoms with Crippen molar-refractivity contribution < 1.29 is 0 Å². The highest BCUT2D eigenvalue weighted by molar-refractivity contribution is 7.80. The van der Waals surface area contributed by atoms with Crippen LogP contribution < -0.4 is 11.1 Å². The van der Waals surface area contributed by atoms with Gasteiger partial charge in [0, 0.05) is 17.8 Å². The minimum Gasteiger partial charge on any atom is -0.389 e. The predicted octanol–water partition coefficient (Wildman–Crippen LogP) is 2.77. The molecular weight excluding hydrogens is 254 g/mol. The summed E-state index contributed by atoms with van der Waals surface area (Å²) in [7, 11) is 0. The van der Waals surface area contributed by atoms with Crippen molar-refractivity contribution >= 4 is 22.9 Å².